The van der Waals surface area contributed by atoms with Gasteiger partial charge in [-0.2, -0.15) is 5.10 Å². The first-order valence-electron chi connectivity index (χ1n) is 8.79. The highest BCUT2D eigenvalue weighted by Crippen LogP contribution is 2.21. The highest BCUT2D eigenvalue weighted by Gasteiger charge is 2.25. The Kier molecular flexibility index (Phi) is 5.71. The minimum Gasteiger partial charge on any atom is -0.383 e. The lowest BCUT2D eigenvalue weighted by Gasteiger charge is -2.28. The summed E-state index contributed by atoms with van der Waals surface area (Å²) in [6.45, 7) is 4.90. The second kappa shape index (κ2) is 8.18. The molecule has 0 aliphatic carbocycles. The Morgan fingerprint density at radius 3 is 2.85 bits per heavy atom. The molecule has 7 nitrogen and oxygen atoms in total. The number of hydrogen-bond acceptors (Lipinski definition) is 5. The first kappa shape index (κ1) is 18.8. The standard InChI is InChI=1S/C20H24N4O3/c1-14-6-5-7-16(8-14)11-24(15(2)13-26-4)20(25)18-9-19(27-22-18)17-10-21-23(3)12-17/h5-10,12,15H,11,13H2,1-4H3/t15-/m0/s1. The molecule has 0 saturated carbocycles. The van der Waals surface area contributed by atoms with Gasteiger partial charge in [-0.3, -0.25) is 9.48 Å². The van der Waals surface area contributed by atoms with Crippen LogP contribution in [0.4, 0.5) is 0 Å². The van der Waals surface area contributed by atoms with Crippen LogP contribution in [0.15, 0.2) is 47.2 Å². The third kappa shape index (κ3) is 4.43. The largest absolute Gasteiger partial charge is 0.383 e. The molecule has 0 unspecified atom stereocenters. The molecule has 1 amide bonds. The lowest BCUT2D eigenvalue weighted by molar-refractivity contribution is 0.0532. The first-order chi connectivity index (χ1) is 13.0. The summed E-state index contributed by atoms with van der Waals surface area (Å²) in [5.74, 6) is 0.321. The molecule has 27 heavy (non-hydrogen) atoms. The maximum Gasteiger partial charge on any atom is 0.276 e. The number of ether oxygens (including phenoxy) is 1. The Morgan fingerprint density at radius 1 is 1.37 bits per heavy atom. The van der Waals surface area contributed by atoms with Crippen molar-refractivity contribution in [3.8, 4) is 11.3 Å². The molecular formula is C20H24N4O3. The van der Waals surface area contributed by atoms with E-state index in [2.05, 4.69) is 16.3 Å². The van der Waals surface area contributed by atoms with Crippen LogP contribution in [-0.2, 0) is 18.3 Å². The summed E-state index contributed by atoms with van der Waals surface area (Å²) >= 11 is 0. The second-order valence-electron chi connectivity index (χ2n) is 6.71. The number of carbonyl (C=O) groups excluding carboxylic acids is 1. The smallest absolute Gasteiger partial charge is 0.276 e. The Hall–Kier alpha value is -2.93. The number of aromatic nitrogens is 3. The van der Waals surface area contributed by atoms with E-state index in [9.17, 15) is 4.79 Å². The molecule has 1 aromatic carbocycles. The number of carbonyl (C=O) groups is 1. The van der Waals surface area contributed by atoms with Crippen molar-refractivity contribution in [1.82, 2.24) is 19.8 Å². The van der Waals surface area contributed by atoms with Crippen molar-refractivity contribution in [3.05, 3.63) is 59.5 Å². The minimum atomic E-state index is -0.194. The quantitative estimate of drug-likeness (QED) is 0.641. The molecule has 7 heteroatoms. The summed E-state index contributed by atoms with van der Waals surface area (Å²) in [6, 6.07) is 9.65. The predicted octanol–water partition coefficient (Wildman–Crippen LogP) is 3.06. The molecule has 2 heterocycles. The topological polar surface area (TPSA) is 73.4 Å². The van der Waals surface area contributed by atoms with E-state index in [4.69, 9.17) is 9.26 Å². The zero-order valence-corrected chi connectivity index (χ0v) is 16.0. The molecule has 1 atom stereocenters. The summed E-state index contributed by atoms with van der Waals surface area (Å²) in [6.07, 6.45) is 3.49. The molecule has 3 aromatic rings. The van der Waals surface area contributed by atoms with Gasteiger partial charge in [0.15, 0.2) is 11.5 Å². The summed E-state index contributed by atoms with van der Waals surface area (Å²) < 4.78 is 12.3. The predicted molar refractivity (Wildman–Crippen MR) is 101 cm³/mol. The van der Waals surface area contributed by atoms with Crippen LogP contribution in [0.3, 0.4) is 0 Å². The van der Waals surface area contributed by atoms with E-state index in [1.165, 1.54) is 0 Å². The van der Waals surface area contributed by atoms with Crippen molar-refractivity contribution in [2.24, 2.45) is 7.05 Å². The van der Waals surface area contributed by atoms with E-state index >= 15 is 0 Å². The fraction of sp³-hybridized carbons (Fsp3) is 0.350. The zero-order valence-electron chi connectivity index (χ0n) is 16.0. The van der Waals surface area contributed by atoms with Gasteiger partial charge in [-0.1, -0.05) is 35.0 Å². The molecule has 0 N–H and O–H groups in total. The van der Waals surface area contributed by atoms with Crippen LogP contribution in [0.5, 0.6) is 0 Å². The highest BCUT2D eigenvalue weighted by molar-refractivity contribution is 5.93. The molecule has 0 fully saturated rings. The number of aryl methyl sites for hydroxylation is 2. The number of hydrogen-bond donors (Lipinski definition) is 0. The van der Waals surface area contributed by atoms with Crippen LogP contribution < -0.4 is 0 Å². The van der Waals surface area contributed by atoms with Gasteiger partial charge in [0.05, 0.1) is 24.4 Å². The summed E-state index contributed by atoms with van der Waals surface area (Å²) in [7, 11) is 3.45. The zero-order chi connectivity index (χ0) is 19.4. The van der Waals surface area contributed by atoms with Gasteiger partial charge in [0.1, 0.15) is 0 Å². The van der Waals surface area contributed by atoms with Gasteiger partial charge in [-0.05, 0) is 19.4 Å². The molecule has 0 radical (unpaired) electrons. The maximum absolute atomic E-state index is 13.1. The van der Waals surface area contributed by atoms with Crippen LogP contribution in [-0.4, -0.2) is 45.5 Å². The van der Waals surface area contributed by atoms with Crippen molar-refractivity contribution in [1.29, 1.82) is 0 Å². The van der Waals surface area contributed by atoms with E-state index in [1.807, 2.05) is 45.3 Å². The van der Waals surface area contributed by atoms with E-state index in [0.29, 0.717) is 18.9 Å². The van der Waals surface area contributed by atoms with E-state index in [-0.39, 0.29) is 17.6 Å². The van der Waals surface area contributed by atoms with E-state index in [0.717, 1.165) is 16.7 Å². The second-order valence-corrected chi connectivity index (χ2v) is 6.71. The van der Waals surface area contributed by atoms with Crippen molar-refractivity contribution < 1.29 is 14.1 Å². The third-order valence-corrected chi connectivity index (χ3v) is 4.35. The Morgan fingerprint density at radius 2 is 2.19 bits per heavy atom. The number of methoxy groups -OCH3 is 1. The summed E-state index contributed by atoms with van der Waals surface area (Å²) in [5, 5.41) is 8.10. The molecule has 0 aliphatic heterocycles. The van der Waals surface area contributed by atoms with Crippen molar-refractivity contribution in [3.63, 3.8) is 0 Å². The number of benzene rings is 1. The summed E-state index contributed by atoms with van der Waals surface area (Å²) in [4.78, 5) is 14.9. The van der Waals surface area contributed by atoms with Crippen LogP contribution in [0, 0.1) is 6.92 Å². The van der Waals surface area contributed by atoms with Crippen LogP contribution in [0.1, 0.15) is 28.5 Å². The molecule has 0 aliphatic rings. The monoisotopic (exact) mass is 368 g/mol. The lowest BCUT2D eigenvalue weighted by atomic mass is 10.1. The maximum atomic E-state index is 13.1. The lowest BCUT2D eigenvalue weighted by Crippen LogP contribution is -2.40. The highest BCUT2D eigenvalue weighted by atomic mass is 16.5. The third-order valence-electron chi connectivity index (χ3n) is 4.35. The summed E-state index contributed by atoms with van der Waals surface area (Å²) in [5.41, 5.74) is 3.26. The number of rotatable bonds is 7. The van der Waals surface area contributed by atoms with Gasteiger partial charge in [0, 0.05) is 33.0 Å². The number of amides is 1. The van der Waals surface area contributed by atoms with Gasteiger partial charge in [-0.25, -0.2) is 0 Å². The average Bonchev–Trinajstić information content (AvgIpc) is 3.28. The van der Waals surface area contributed by atoms with Crippen molar-refractivity contribution in [2.45, 2.75) is 26.4 Å². The van der Waals surface area contributed by atoms with E-state index < -0.39 is 0 Å². The van der Waals surface area contributed by atoms with E-state index in [1.54, 1.807) is 29.0 Å². The van der Waals surface area contributed by atoms with Crippen LogP contribution in [0.25, 0.3) is 11.3 Å². The molecule has 0 saturated heterocycles. The number of nitrogens with zero attached hydrogens (tertiary/aromatic N) is 4. The van der Waals surface area contributed by atoms with Crippen LogP contribution >= 0.6 is 0 Å². The Labute approximate surface area is 158 Å². The molecule has 2 aromatic heterocycles. The van der Waals surface area contributed by atoms with Gasteiger partial charge in [0.25, 0.3) is 5.91 Å². The molecule has 0 spiro atoms. The van der Waals surface area contributed by atoms with Gasteiger partial charge in [-0.15, -0.1) is 0 Å². The average molecular weight is 368 g/mol. The molecule has 0 bridgehead atoms. The SMILES string of the molecule is COC[C@H](C)N(Cc1cccc(C)c1)C(=O)c1cc(-c2cnn(C)c2)on1. The molecule has 3 rings (SSSR count). The van der Waals surface area contributed by atoms with Gasteiger partial charge >= 0.3 is 0 Å². The normalized spacial score (nSPS) is 12.1. The van der Waals surface area contributed by atoms with Crippen molar-refractivity contribution in [2.75, 3.05) is 13.7 Å². The molecule has 142 valence electrons. The molecular weight excluding hydrogens is 344 g/mol. The van der Waals surface area contributed by atoms with Crippen LogP contribution in [0.2, 0.25) is 0 Å². The fourth-order valence-corrected chi connectivity index (χ4v) is 2.97. The Balaban J connectivity index is 1.85. The fourth-order valence-electron chi connectivity index (χ4n) is 2.97. The Bertz CT molecular complexity index is 915. The van der Waals surface area contributed by atoms with Gasteiger partial charge in [0.2, 0.25) is 0 Å². The van der Waals surface area contributed by atoms with Gasteiger partial charge < -0.3 is 14.2 Å². The van der Waals surface area contributed by atoms with Crippen molar-refractivity contribution >= 4 is 5.91 Å². The first-order valence-corrected chi connectivity index (χ1v) is 8.79. The minimum absolute atomic E-state index is 0.110.